The molecule has 3 aromatic rings. The Hall–Kier alpha value is -3.05. The number of hydrogen-bond donors (Lipinski definition) is 3. The summed E-state index contributed by atoms with van der Waals surface area (Å²) < 4.78 is 8.18. The van der Waals surface area contributed by atoms with Gasteiger partial charge in [-0.3, -0.25) is 19.1 Å². The number of aromatic amines is 1. The van der Waals surface area contributed by atoms with Crippen LogP contribution in [0.15, 0.2) is 45.1 Å². The zero-order chi connectivity index (χ0) is 20.3. The number of carbonyl (C=O) groups excluding carboxylic acids is 1. The number of benzene rings is 1. The molecule has 11 heteroatoms. The third-order valence-corrected chi connectivity index (χ3v) is 4.89. The number of primary amides is 1. The van der Waals surface area contributed by atoms with Gasteiger partial charge < -0.3 is 20.1 Å². The van der Waals surface area contributed by atoms with Crippen LogP contribution < -0.4 is 21.7 Å². The number of H-pyrrole nitrogens is 1. The van der Waals surface area contributed by atoms with Gasteiger partial charge in [-0.1, -0.05) is 30.0 Å². The molecule has 0 saturated carbocycles. The van der Waals surface area contributed by atoms with Crippen LogP contribution in [-0.4, -0.2) is 48.6 Å². The van der Waals surface area contributed by atoms with Crippen molar-refractivity contribution in [2.45, 2.75) is 17.8 Å². The highest BCUT2D eigenvalue weighted by molar-refractivity contribution is 7.99. The van der Waals surface area contributed by atoms with Crippen LogP contribution in [0, 0.1) is 0 Å². The first-order valence-electron chi connectivity index (χ1n) is 8.33. The summed E-state index contributed by atoms with van der Waals surface area (Å²) in [6.07, 6.45) is -0.970. The summed E-state index contributed by atoms with van der Waals surface area (Å²) in [5.41, 5.74) is 4.22. The quantitative estimate of drug-likeness (QED) is 0.426. The first kappa shape index (κ1) is 19.7. The number of rotatable bonds is 8. The van der Waals surface area contributed by atoms with Crippen molar-refractivity contribution in [2.24, 2.45) is 12.8 Å². The second-order valence-electron chi connectivity index (χ2n) is 6.03. The Balaban J connectivity index is 1.91. The van der Waals surface area contributed by atoms with Crippen molar-refractivity contribution < 1.29 is 14.6 Å². The maximum absolute atomic E-state index is 12.3. The smallest absolute Gasteiger partial charge is 0.329 e. The molecule has 10 nitrogen and oxygen atoms in total. The molecule has 4 N–H and O–H groups in total. The largest absolute Gasteiger partial charge is 0.491 e. The van der Waals surface area contributed by atoms with Crippen molar-refractivity contribution in [3.63, 3.8) is 0 Å². The minimum atomic E-state index is -0.970. The summed E-state index contributed by atoms with van der Waals surface area (Å²) in [5.74, 6) is -0.0221. The molecule has 0 unspecified atom stereocenters. The van der Waals surface area contributed by atoms with E-state index >= 15 is 0 Å². The number of fused-ring (bicyclic) bond motifs is 1. The maximum atomic E-state index is 12.3. The van der Waals surface area contributed by atoms with E-state index in [0.717, 1.165) is 11.8 Å². The Labute approximate surface area is 163 Å². The zero-order valence-electron chi connectivity index (χ0n) is 15.0. The van der Waals surface area contributed by atoms with E-state index < -0.39 is 23.3 Å². The molecule has 1 amide bonds. The van der Waals surface area contributed by atoms with E-state index in [1.165, 1.54) is 16.2 Å². The molecule has 2 heterocycles. The number of ether oxygens (including phenoxy) is 1. The van der Waals surface area contributed by atoms with Crippen molar-refractivity contribution in [2.75, 3.05) is 12.4 Å². The highest BCUT2D eigenvalue weighted by Crippen LogP contribution is 2.22. The van der Waals surface area contributed by atoms with Crippen molar-refractivity contribution in [1.82, 2.24) is 19.1 Å². The number of aryl methyl sites for hydroxylation is 1. The molecule has 1 atom stereocenters. The van der Waals surface area contributed by atoms with Gasteiger partial charge in [0.2, 0.25) is 5.91 Å². The topological polar surface area (TPSA) is 145 Å². The average molecular weight is 405 g/mol. The number of nitrogens with one attached hydrogen (secondary N) is 1. The van der Waals surface area contributed by atoms with E-state index in [9.17, 15) is 19.5 Å². The standard InChI is InChI=1S/C17H19N5O5S/c1-21-14-13(15(25)20-16(21)26)22(17(19-14)28-9-12(18)24)7-10(23)8-27-11-5-3-2-4-6-11/h2-6,10,23H,7-9H2,1H3,(H2,18,24)(H,20,25,26)/t10-/m1/s1. The fourth-order valence-electron chi connectivity index (χ4n) is 2.60. The Bertz CT molecular complexity index is 1100. The number of nitrogens with two attached hydrogens (primary N) is 1. The number of carbonyl (C=O) groups is 1. The van der Waals surface area contributed by atoms with Gasteiger partial charge in [-0.25, -0.2) is 9.78 Å². The molecule has 0 aliphatic rings. The number of imidazole rings is 1. The molecule has 0 saturated heterocycles. The summed E-state index contributed by atoms with van der Waals surface area (Å²) in [4.78, 5) is 41.8. The first-order valence-corrected chi connectivity index (χ1v) is 9.32. The van der Waals surface area contributed by atoms with Crippen LogP contribution in [0.5, 0.6) is 5.75 Å². The van der Waals surface area contributed by atoms with Crippen molar-refractivity contribution >= 4 is 28.8 Å². The minimum absolute atomic E-state index is 0.0206. The number of aliphatic hydroxyl groups excluding tert-OH is 1. The monoisotopic (exact) mass is 405 g/mol. The van der Waals surface area contributed by atoms with Crippen molar-refractivity contribution in [3.05, 3.63) is 51.2 Å². The lowest BCUT2D eigenvalue weighted by Crippen LogP contribution is -2.30. The van der Waals surface area contributed by atoms with Gasteiger partial charge in [-0.2, -0.15) is 0 Å². The number of thioether (sulfide) groups is 1. The van der Waals surface area contributed by atoms with Gasteiger partial charge in [0.25, 0.3) is 5.56 Å². The summed E-state index contributed by atoms with van der Waals surface area (Å²) in [5, 5.41) is 10.7. The van der Waals surface area contributed by atoms with Gasteiger partial charge >= 0.3 is 5.69 Å². The van der Waals surface area contributed by atoms with Crippen LogP contribution in [0.4, 0.5) is 0 Å². The number of amides is 1. The Morgan fingerprint density at radius 2 is 2.07 bits per heavy atom. The summed E-state index contributed by atoms with van der Waals surface area (Å²) in [7, 11) is 1.47. The van der Waals surface area contributed by atoms with Gasteiger partial charge in [0, 0.05) is 7.05 Å². The Morgan fingerprint density at radius 3 is 2.75 bits per heavy atom. The number of nitrogens with zero attached hydrogens (tertiary/aromatic N) is 3. The molecule has 0 aliphatic carbocycles. The minimum Gasteiger partial charge on any atom is -0.491 e. The van der Waals surface area contributed by atoms with Crippen LogP contribution in [0.3, 0.4) is 0 Å². The summed E-state index contributed by atoms with van der Waals surface area (Å²) >= 11 is 1.02. The van der Waals surface area contributed by atoms with E-state index in [0.29, 0.717) is 10.9 Å². The molecule has 0 bridgehead atoms. The van der Waals surface area contributed by atoms with Gasteiger partial charge in [-0.15, -0.1) is 0 Å². The molecule has 0 radical (unpaired) electrons. The fourth-order valence-corrected chi connectivity index (χ4v) is 3.35. The predicted molar refractivity (Wildman–Crippen MR) is 103 cm³/mol. The maximum Gasteiger partial charge on any atom is 0.329 e. The van der Waals surface area contributed by atoms with Crippen LogP contribution in [-0.2, 0) is 18.4 Å². The van der Waals surface area contributed by atoms with E-state index in [1.54, 1.807) is 12.1 Å². The summed E-state index contributed by atoms with van der Waals surface area (Å²) in [6, 6.07) is 8.98. The zero-order valence-corrected chi connectivity index (χ0v) is 15.8. The number of aromatic nitrogens is 4. The molecule has 28 heavy (non-hydrogen) atoms. The predicted octanol–water partition coefficient (Wildman–Crippen LogP) is -0.559. The number of aliphatic hydroxyl groups is 1. The molecule has 1 aromatic carbocycles. The molecule has 0 aliphatic heterocycles. The lowest BCUT2D eigenvalue weighted by Gasteiger charge is -2.15. The molecule has 148 valence electrons. The molecule has 0 spiro atoms. The molecule has 2 aromatic heterocycles. The molecular formula is C17H19N5O5S. The Kier molecular flexibility index (Phi) is 5.85. The molecular weight excluding hydrogens is 386 g/mol. The molecule has 0 fully saturated rings. The van der Waals surface area contributed by atoms with E-state index in [4.69, 9.17) is 10.5 Å². The third-order valence-electron chi connectivity index (χ3n) is 3.89. The average Bonchev–Trinajstić information content (AvgIpc) is 3.02. The number of para-hydroxylation sites is 1. The van der Waals surface area contributed by atoms with Crippen LogP contribution >= 0.6 is 11.8 Å². The van der Waals surface area contributed by atoms with E-state index in [1.807, 2.05) is 18.2 Å². The lowest BCUT2D eigenvalue weighted by molar-refractivity contribution is -0.115. The van der Waals surface area contributed by atoms with Crippen molar-refractivity contribution in [3.8, 4) is 5.75 Å². The summed E-state index contributed by atoms with van der Waals surface area (Å²) in [6.45, 7) is -0.0427. The fraction of sp³-hybridized carbons (Fsp3) is 0.294. The van der Waals surface area contributed by atoms with Gasteiger partial charge in [0.1, 0.15) is 18.5 Å². The van der Waals surface area contributed by atoms with Crippen LogP contribution in [0.1, 0.15) is 0 Å². The van der Waals surface area contributed by atoms with E-state index in [2.05, 4.69) is 9.97 Å². The van der Waals surface area contributed by atoms with Crippen molar-refractivity contribution in [1.29, 1.82) is 0 Å². The lowest BCUT2D eigenvalue weighted by atomic mass is 10.3. The highest BCUT2D eigenvalue weighted by atomic mass is 32.2. The van der Waals surface area contributed by atoms with Crippen LogP contribution in [0.25, 0.3) is 11.2 Å². The van der Waals surface area contributed by atoms with Gasteiger partial charge in [-0.05, 0) is 12.1 Å². The Morgan fingerprint density at radius 1 is 1.36 bits per heavy atom. The number of hydrogen-bond acceptors (Lipinski definition) is 7. The normalized spacial score (nSPS) is 12.2. The SMILES string of the molecule is Cn1c(=O)[nH]c(=O)c2c1nc(SCC(N)=O)n2C[C@@H](O)COc1ccccc1. The van der Waals surface area contributed by atoms with Gasteiger partial charge in [0.05, 0.1) is 12.3 Å². The third kappa shape index (κ3) is 4.26. The van der Waals surface area contributed by atoms with Crippen LogP contribution in [0.2, 0.25) is 0 Å². The second-order valence-corrected chi connectivity index (χ2v) is 6.97. The molecule has 3 rings (SSSR count). The van der Waals surface area contributed by atoms with E-state index in [-0.39, 0.29) is 30.1 Å². The second kappa shape index (κ2) is 8.31. The first-order chi connectivity index (χ1) is 13.4. The highest BCUT2D eigenvalue weighted by Gasteiger charge is 2.20. The van der Waals surface area contributed by atoms with Gasteiger partial charge in [0.15, 0.2) is 16.3 Å².